The van der Waals surface area contributed by atoms with E-state index in [0.717, 1.165) is 0 Å². The maximum absolute atomic E-state index is 10.0. The van der Waals surface area contributed by atoms with Crippen LogP contribution in [0, 0.1) is 5.92 Å². The van der Waals surface area contributed by atoms with Crippen LogP contribution in [0.5, 0.6) is 0 Å². The van der Waals surface area contributed by atoms with Crippen LogP contribution in [0.3, 0.4) is 0 Å². The van der Waals surface area contributed by atoms with Crippen molar-refractivity contribution < 1.29 is 9.90 Å². The molecule has 0 aliphatic rings. The SMILES string of the molecule is CC(C)[C@H](N)C(=O)O.Nc1nnnc(Cl)c1N. The lowest BCUT2D eigenvalue weighted by Crippen LogP contribution is -2.34. The minimum absolute atomic E-state index is 0.0208. The molecule has 0 aliphatic heterocycles. The van der Waals surface area contributed by atoms with Crippen LogP contribution in [0.2, 0.25) is 5.15 Å². The molecule has 1 aromatic heterocycles. The zero-order chi connectivity index (χ0) is 13.6. The van der Waals surface area contributed by atoms with Gasteiger partial charge in [-0.25, -0.2) is 0 Å². The largest absolute Gasteiger partial charge is 0.480 e. The van der Waals surface area contributed by atoms with Gasteiger partial charge in [-0.05, 0) is 11.1 Å². The molecule has 0 fully saturated rings. The number of carboxylic acid groups (broad SMARTS) is 1. The number of nitrogens with zero attached hydrogens (tertiary/aromatic N) is 3. The van der Waals surface area contributed by atoms with Gasteiger partial charge in [0.15, 0.2) is 11.0 Å². The maximum atomic E-state index is 10.0. The first-order chi connectivity index (χ1) is 7.77. The zero-order valence-electron chi connectivity index (χ0n) is 9.46. The number of nitrogen functional groups attached to an aromatic ring is 2. The Morgan fingerprint density at radius 1 is 1.35 bits per heavy atom. The Labute approximate surface area is 103 Å². The van der Waals surface area contributed by atoms with Crippen LogP contribution in [0.15, 0.2) is 0 Å². The van der Waals surface area contributed by atoms with Gasteiger partial charge in [0.1, 0.15) is 11.7 Å². The number of hydrogen-bond donors (Lipinski definition) is 4. The number of carboxylic acids is 1. The third-order valence-corrected chi connectivity index (χ3v) is 2.07. The van der Waals surface area contributed by atoms with E-state index in [1.54, 1.807) is 13.8 Å². The van der Waals surface area contributed by atoms with Crippen molar-refractivity contribution in [1.82, 2.24) is 15.4 Å². The highest BCUT2D eigenvalue weighted by atomic mass is 35.5. The highest BCUT2D eigenvalue weighted by Gasteiger charge is 2.14. The third kappa shape index (κ3) is 5.27. The average molecular weight is 263 g/mol. The Morgan fingerprint density at radius 3 is 2.12 bits per heavy atom. The van der Waals surface area contributed by atoms with Crippen LogP contribution < -0.4 is 17.2 Å². The molecule has 0 aromatic carbocycles. The quantitative estimate of drug-likeness (QED) is 0.568. The summed E-state index contributed by atoms with van der Waals surface area (Å²) in [6, 6.07) is -0.713. The van der Waals surface area contributed by atoms with E-state index in [2.05, 4.69) is 15.4 Å². The first-order valence-electron chi connectivity index (χ1n) is 4.65. The van der Waals surface area contributed by atoms with E-state index in [0.29, 0.717) is 0 Å². The predicted molar refractivity (Wildman–Crippen MR) is 64.1 cm³/mol. The average Bonchev–Trinajstić information content (AvgIpc) is 2.25. The van der Waals surface area contributed by atoms with E-state index in [-0.39, 0.29) is 22.6 Å². The van der Waals surface area contributed by atoms with Gasteiger partial charge in [-0.3, -0.25) is 4.79 Å². The van der Waals surface area contributed by atoms with Gasteiger partial charge in [-0.2, -0.15) is 0 Å². The molecule has 1 rings (SSSR count). The molecule has 8 nitrogen and oxygen atoms in total. The third-order valence-electron chi connectivity index (χ3n) is 1.79. The van der Waals surface area contributed by atoms with Crippen molar-refractivity contribution in [3.05, 3.63) is 5.15 Å². The number of anilines is 2. The van der Waals surface area contributed by atoms with Gasteiger partial charge in [0, 0.05) is 0 Å². The summed E-state index contributed by atoms with van der Waals surface area (Å²) in [6.45, 7) is 3.55. The molecule has 7 N–H and O–H groups in total. The number of aliphatic carboxylic acids is 1. The molecular formula is C8H15ClN6O2. The summed E-state index contributed by atoms with van der Waals surface area (Å²) in [7, 11) is 0. The Hall–Kier alpha value is -1.67. The van der Waals surface area contributed by atoms with Gasteiger partial charge >= 0.3 is 5.97 Å². The Bertz CT molecular complexity index is 366. The predicted octanol–water partition coefficient (Wildman–Crippen LogP) is -0.256. The number of nitrogens with two attached hydrogens (primary N) is 3. The van der Waals surface area contributed by atoms with Crippen molar-refractivity contribution in [3.63, 3.8) is 0 Å². The van der Waals surface area contributed by atoms with Crippen molar-refractivity contribution in [2.24, 2.45) is 11.7 Å². The van der Waals surface area contributed by atoms with Crippen LogP contribution in [0.4, 0.5) is 11.5 Å². The van der Waals surface area contributed by atoms with Crippen LogP contribution in [0.25, 0.3) is 0 Å². The lowest BCUT2D eigenvalue weighted by atomic mass is 10.1. The Kier molecular flexibility index (Phi) is 6.15. The molecule has 0 amide bonds. The molecule has 1 heterocycles. The van der Waals surface area contributed by atoms with Gasteiger partial charge in [-0.1, -0.05) is 25.4 Å². The van der Waals surface area contributed by atoms with Crippen molar-refractivity contribution in [2.75, 3.05) is 11.5 Å². The molecule has 0 radical (unpaired) electrons. The summed E-state index contributed by atoms with van der Waals surface area (Å²) in [5.74, 6) is -0.803. The summed E-state index contributed by atoms with van der Waals surface area (Å²) in [5.41, 5.74) is 15.8. The highest BCUT2D eigenvalue weighted by molar-refractivity contribution is 6.32. The van der Waals surface area contributed by atoms with Gasteiger partial charge < -0.3 is 22.3 Å². The Balaban J connectivity index is 0.000000304. The van der Waals surface area contributed by atoms with Crippen LogP contribution in [-0.2, 0) is 4.79 Å². The van der Waals surface area contributed by atoms with Gasteiger partial charge in [0.2, 0.25) is 0 Å². The molecule has 0 bridgehead atoms. The number of hydrogen-bond acceptors (Lipinski definition) is 7. The zero-order valence-corrected chi connectivity index (χ0v) is 10.2. The second-order valence-corrected chi connectivity index (χ2v) is 3.85. The summed E-state index contributed by atoms with van der Waals surface area (Å²) in [4.78, 5) is 10.0. The molecule has 0 aliphatic carbocycles. The van der Waals surface area contributed by atoms with Gasteiger partial charge in [0.25, 0.3) is 0 Å². The molecule has 1 aromatic rings. The standard InChI is InChI=1S/C5H11NO2.C3H4ClN5/c1-3(2)4(6)5(7)8;4-2-1(5)3(6)8-9-7-2/h3-4H,6H2,1-2H3,(H,7,8);(H2,5,9)(H2,6,7,8)/t4-;/m0./s1. The topological polar surface area (TPSA) is 154 Å². The van der Waals surface area contributed by atoms with Crippen molar-refractivity contribution in [1.29, 1.82) is 0 Å². The van der Waals surface area contributed by atoms with E-state index < -0.39 is 12.0 Å². The van der Waals surface area contributed by atoms with E-state index >= 15 is 0 Å². The lowest BCUT2D eigenvalue weighted by molar-refractivity contribution is -0.139. The summed E-state index contributed by atoms with van der Waals surface area (Å²) in [6.07, 6.45) is 0. The molecule has 0 saturated heterocycles. The monoisotopic (exact) mass is 262 g/mol. The molecule has 96 valence electrons. The first kappa shape index (κ1) is 15.3. The second kappa shape index (κ2) is 6.81. The van der Waals surface area contributed by atoms with E-state index in [1.165, 1.54) is 0 Å². The van der Waals surface area contributed by atoms with Gasteiger partial charge in [-0.15, -0.1) is 10.2 Å². The van der Waals surface area contributed by atoms with E-state index in [1.807, 2.05) is 0 Å². The lowest BCUT2D eigenvalue weighted by Gasteiger charge is -2.07. The second-order valence-electron chi connectivity index (χ2n) is 3.49. The van der Waals surface area contributed by atoms with Crippen molar-refractivity contribution >= 4 is 29.1 Å². The Morgan fingerprint density at radius 2 is 1.88 bits per heavy atom. The number of aromatic nitrogens is 3. The van der Waals surface area contributed by atoms with Crippen LogP contribution in [0.1, 0.15) is 13.8 Å². The fraction of sp³-hybridized carbons (Fsp3) is 0.500. The summed E-state index contributed by atoms with van der Waals surface area (Å²) >= 11 is 5.40. The van der Waals surface area contributed by atoms with Crippen LogP contribution >= 0.6 is 11.6 Å². The molecule has 0 unspecified atom stereocenters. The number of halogens is 1. The maximum Gasteiger partial charge on any atom is 0.320 e. The molecular weight excluding hydrogens is 248 g/mol. The highest BCUT2D eigenvalue weighted by Crippen LogP contribution is 2.16. The fourth-order valence-corrected chi connectivity index (χ4v) is 0.739. The molecule has 0 spiro atoms. The minimum atomic E-state index is -0.931. The first-order valence-corrected chi connectivity index (χ1v) is 5.03. The van der Waals surface area contributed by atoms with E-state index in [4.69, 9.17) is 33.9 Å². The molecule has 1 atom stereocenters. The number of rotatable bonds is 2. The van der Waals surface area contributed by atoms with E-state index in [9.17, 15) is 4.79 Å². The molecule has 0 saturated carbocycles. The minimum Gasteiger partial charge on any atom is -0.480 e. The smallest absolute Gasteiger partial charge is 0.320 e. The molecule has 9 heteroatoms. The number of carbonyl (C=O) groups is 1. The van der Waals surface area contributed by atoms with Crippen molar-refractivity contribution in [3.8, 4) is 0 Å². The summed E-state index contributed by atoms with van der Waals surface area (Å²) in [5, 5.41) is 18.2. The fourth-order valence-electron chi connectivity index (χ4n) is 0.608. The normalized spacial score (nSPS) is 11.6. The van der Waals surface area contributed by atoms with Crippen molar-refractivity contribution in [2.45, 2.75) is 19.9 Å². The van der Waals surface area contributed by atoms with Gasteiger partial charge in [0.05, 0.1) is 0 Å². The van der Waals surface area contributed by atoms with Crippen LogP contribution in [-0.4, -0.2) is 32.5 Å². The summed E-state index contributed by atoms with van der Waals surface area (Å²) < 4.78 is 0. The molecule has 17 heavy (non-hydrogen) atoms.